The Labute approximate surface area is 328 Å². The second-order valence-electron chi connectivity index (χ2n) is 13.5. The van der Waals surface area contributed by atoms with E-state index in [1.54, 1.807) is 11.8 Å². The first-order valence-corrected chi connectivity index (χ1v) is 20.3. The molecule has 54 heavy (non-hydrogen) atoms. The molecule has 0 heterocycles. The van der Waals surface area contributed by atoms with Crippen LogP contribution in [-0.2, 0) is 15.9 Å². The van der Waals surface area contributed by atoms with Crippen molar-refractivity contribution in [3.05, 3.63) is 138 Å². The zero-order valence-electron chi connectivity index (χ0n) is 32.6. The van der Waals surface area contributed by atoms with Gasteiger partial charge in [-0.15, -0.1) is 0 Å². The largest absolute Gasteiger partial charge is 0.499 e. The molecular formula is C48H58O5S. The first-order chi connectivity index (χ1) is 26.3. The zero-order chi connectivity index (χ0) is 38.5. The number of unbranched alkanes of at least 4 members (excludes halogenated alkanes) is 6. The van der Waals surface area contributed by atoms with Crippen LogP contribution in [0.4, 0.5) is 0 Å². The van der Waals surface area contributed by atoms with Crippen molar-refractivity contribution in [2.24, 2.45) is 0 Å². The number of rotatable bonds is 25. The predicted octanol–water partition coefficient (Wildman–Crippen LogP) is 13.3. The van der Waals surface area contributed by atoms with Crippen LogP contribution in [-0.4, -0.2) is 32.4 Å². The van der Waals surface area contributed by atoms with E-state index in [4.69, 9.17) is 18.9 Å². The molecule has 286 valence electrons. The van der Waals surface area contributed by atoms with E-state index >= 15 is 0 Å². The van der Waals surface area contributed by atoms with Gasteiger partial charge in [-0.05, 0) is 127 Å². The van der Waals surface area contributed by atoms with Gasteiger partial charge in [0.05, 0.1) is 37.8 Å². The molecule has 0 amide bonds. The van der Waals surface area contributed by atoms with Crippen LogP contribution < -0.4 is 9.47 Å². The molecule has 0 fully saturated rings. The van der Waals surface area contributed by atoms with Gasteiger partial charge in [-0.25, -0.2) is 4.79 Å². The first-order valence-electron chi connectivity index (χ1n) is 19.5. The van der Waals surface area contributed by atoms with E-state index in [0.29, 0.717) is 25.2 Å². The van der Waals surface area contributed by atoms with Gasteiger partial charge in [0.15, 0.2) is 0 Å². The van der Waals surface area contributed by atoms with Crippen molar-refractivity contribution in [2.45, 2.75) is 89.9 Å². The number of ether oxygens (including phenoxy) is 4. The summed E-state index contributed by atoms with van der Waals surface area (Å²) in [6, 6.07) is 28.3. The first kappa shape index (κ1) is 42.1. The SMILES string of the molecule is C=Cc1ccc(-c2ccc(C(=O)OCCc3ccc(OCCCCCCOC(=C)CC)cc3)cc2C)c(C(=C)Sc2ccc(OCCCCCC)cc2)c1. The van der Waals surface area contributed by atoms with Crippen LogP contribution in [0, 0.1) is 6.92 Å². The highest BCUT2D eigenvalue weighted by Crippen LogP contribution is 2.40. The number of benzene rings is 4. The molecule has 6 heteroatoms. The molecule has 0 spiro atoms. The molecule has 0 saturated heterocycles. The van der Waals surface area contributed by atoms with Gasteiger partial charge >= 0.3 is 5.97 Å². The van der Waals surface area contributed by atoms with Gasteiger partial charge in [0.1, 0.15) is 11.5 Å². The Balaban J connectivity index is 1.26. The number of carbonyl (C=O) groups excluding carboxylic acids is 1. The standard InChI is InChI=1S/C48H58O5S/c1-7-10-11-14-31-52-43-23-25-44(26-24-43)54-38(6)47-35-39(9-3)19-27-46(47)45-28-20-41(34-36(45)4)48(49)53-33-29-40-17-21-42(22-18-40)51-32-16-13-12-15-30-50-37(5)8-2/h9,17-28,34-35H,3,5-8,10-16,29-33H2,1-2,4H3. The van der Waals surface area contributed by atoms with Crippen LogP contribution in [0.1, 0.15) is 104 Å². The van der Waals surface area contributed by atoms with E-state index in [2.05, 4.69) is 63.9 Å². The van der Waals surface area contributed by atoms with Crippen molar-refractivity contribution in [3.63, 3.8) is 0 Å². The van der Waals surface area contributed by atoms with E-state index in [-0.39, 0.29) is 5.97 Å². The molecular weight excluding hydrogens is 689 g/mol. The third kappa shape index (κ3) is 13.9. The lowest BCUT2D eigenvalue weighted by Gasteiger charge is -2.16. The topological polar surface area (TPSA) is 54.0 Å². The molecule has 0 unspecified atom stereocenters. The Hall–Kier alpha value is -4.68. The monoisotopic (exact) mass is 746 g/mol. The van der Waals surface area contributed by atoms with Crippen molar-refractivity contribution < 1.29 is 23.7 Å². The fraction of sp³-hybridized carbons (Fsp3) is 0.354. The normalized spacial score (nSPS) is 10.8. The highest BCUT2D eigenvalue weighted by Gasteiger charge is 2.15. The van der Waals surface area contributed by atoms with Gasteiger partial charge in [-0.1, -0.05) is 101 Å². The lowest BCUT2D eigenvalue weighted by Crippen LogP contribution is -2.08. The number of thioether (sulfide) groups is 1. The molecule has 4 aromatic carbocycles. The average molecular weight is 747 g/mol. The van der Waals surface area contributed by atoms with E-state index in [1.807, 2.05) is 67.6 Å². The molecule has 0 bridgehead atoms. The number of carbonyl (C=O) groups is 1. The number of allylic oxidation sites excluding steroid dienone is 1. The molecule has 0 saturated carbocycles. The molecule has 5 nitrogen and oxygen atoms in total. The summed E-state index contributed by atoms with van der Waals surface area (Å²) < 4.78 is 23.1. The van der Waals surface area contributed by atoms with Crippen molar-refractivity contribution in [3.8, 4) is 22.6 Å². The predicted molar refractivity (Wildman–Crippen MR) is 227 cm³/mol. The van der Waals surface area contributed by atoms with Crippen LogP contribution in [0.25, 0.3) is 22.1 Å². The van der Waals surface area contributed by atoms with E-state index < -0.39 is 0 Å². The summed E-state index contributed by atoms with van der Waals surface area (Å²) in [6.45, 7) is 21.1. The zero-order valence-corrected chi connectivity index (χ0v) is 33.4. The Morgan fingerprint density at radius 1 is 0.685 bits per heavy atom. The van der Waals surface area contributed by atoms with Gasteiger partial charge in [-0.2, -0.15) is 0 Å². The summed E-state index contributed by atoms with van der Waals surface area (Å²) in [4.78, 5) is 15.1. The molecule has 0 aromatic heterocycles. The summed E-state index contributed by atoms with van der Waals surface area (Å²) in [5, 5.41) is 0. The van der Waals surface area contributed by atoms with Crippen LogP contribution in [0.2, 0.25) is 0 Å². The Morgan fingerprint density at radius 3 is 1.94 bits per heavy atom. The third-order valence-electron chi connectivity index (χ3n) is 9.22. The summed E-state index contributed by atoms with van der Waals surface area (Å²) in [5.74, 6) is 2.27. The molecule has 0 aliphatic carbocycles. The lowest BCUT2D eigenvalue weighted by molar-refractivity contribution is 0.0509. The molecule has 0 atom stereocenters. The highest BCUT2D eigenvalue weighted by molar-refractivity contribution is 8.08. The van der Waals surface area contributed by atoms with Gasteiger partial charge in [0.25, 0.3) is 0 Å². The minimum Gasteiger partial charge on any atom is -0.499 e. The van der Waals surface area contributed by atoms with Crippen molar-refractivity contribution in [2.75, 3.05) is 26.4 Å². The molecule has 0 aliphatic rings. The average Bonchev–Trinajstić information content (AvgIpc) is 3.19. The maximum atomic E-state index is 13.1. The van der Waals surface area contributed by atoms with Crippen molar-refractivity contribution in [1.82, 2.24) is 0 Å². The maximum absolute atomic E-state index is 13.1. The molecule has 0 N–H and O–H groups in total. The minimum atomic E-state index is -0.331. The van der Waals surface area contributed by atoms with E-state index in [9.17, 15) is 4.79 Å². The van der Waals surface area contributed by atoms with Gasteiger partial charge in [0, 0.05) is 22.6 Å². The van der Waals surface area contributed by atoms with Crippen LogP contribution in [0.5, 0.6) is 11.5 Å². The third-order valence-corrected chi connectivity index (χ3v) is 10.2. The molecule has 4 aromatic rings. The molecule has 0 radical (unpaired) electrons. The summed E-state index contributed by atoms with van der Waals surface area (Å²) in [6.07, 6.45) is 12.4. The Kier molecular flexibility index (Phi) is 18.1. The maximum Gasteiger partial charge on any atom is 0.338 e. The lowest BCUT2D eigenvalue weighted by atomic mass is 9.93. The van der Waals surface area contributed by atoms with Gasteiger partial charge in [-0.3, -0.25) is 0 Å². The second-order valence-corrected chi connectivity index (χ2v) is 14.6. The van der Waals surface area contributed by atoms with Crippen molar-refractivity contribution in [1.29, 1.82) is 0 Å². The summed E-state index contributed by atoms with van der Waals surface area (Å²) in [7, 11) is 0. The Morgan fingerprint density at radius 2 is 1.31 bits per heavy atom. The molecule has 0 aliphatic heterocycles. The highest BCUT2D eigenvalue weighted by atomic mass is 32.2. The number of hydrogen-bond acceptors (Lipinski definition) is 6. The fourth-order valence-corrected chi connectivity index (χ4v) is 6.77. The number of esters is 1. The minimum absolute atomic E-state index is 0.297. The van der Waals surface area contributed by atoms with Gasteiger partial charge in [0.2, 0.25) is 0 Å². The van der Waals surface area contributed by atoms with Crippen LogP contribution >= 0.6 is 11.8 Å². The van der Waals surface area contributed by atoms with E-state index in [0.717, 1.165) is 112 Å². The number of hydrogen-bond donors (Lipinski definition) is 0. The molecule has 4 rings (SSSR count). The van der Waals surface area contributed by atoms with Crippen molar-refractivity contribution >= 4 is 28.7 Å². The van der Waals surface area contributed by atoms with Crippen LogP contribution in [0.3, 0.4) is 0 Å². The number of aryl methyl sites for hydroxylation is 1. The van der Waals surface area contributed by atoms with E-state index in [1.165, 1.54) is 19.3 Å². The van der Waals surface area contributed by atoms with Gasteiger partial charge < -0.3 is 18.9 Å². The summed E-state index contributed by atoms with van der Waals surface area (Å²) >= 11 is 1.63. The van der Waals surface area contributed by atoms with Crippen LogP contribution in [0.15, 0.2) is 115 Å². The fourth-order valence-electron chi connectivity index (χ4n) is 5.93. The smallest absolute Gasteiger partial charge is 0.338 e. The second kappa shape index (κ2) is 23.2. The Bertz CT molecular complexity index is 1790. The quantitative estimate of drug-likeness (QED) is 0.0291. The summed E-state index contributed by atoms with van der Waals surface area (Å²) in [5.41, 5.74) is 6.74.